The van der Waals surface area contributed by atoms with Crippen LogP contribution in [0.15, 0.2) is 66.7 Å². The van der Waals surface area contributed by atoms with Gasteiger partial charge in [-0.05, 0) is 86.8 Å². The summed E-state index contributed by atoms with van der Waals surface area (Å²) in [7, 11) is 0. The summed E-state index contributed by atoms with van der Waals surface area (Å²) in [5, 5.41) is 5.45. The van der Waals surface area contributed by atoms with E-state index >= 15 is 0 Å². The van der Waals surface area contributed by atoms with E-state index in [2.05, 4.69) is 10.6 Å². The summed E-state index contributed by atoms with van der Waals surface area (Å²) in [5.74, 6) is 0.275. The van der Waals surface area contributed by atoms with Crippen LogP contribution < -0.4 is 15.4 Å². The smallest absolute Gasteiger partial charge is 0.306 e. The Kier molecular flexibility index (Phi) is 9.01. The number of hydrogen-bond donors (Lipinski definition) is 2. The van der Waals surface area contributed by atoms with Crippen LogP contribution in [0.3, 0.4) is 0 Å². The van der Waals surface area contributed by atoms with Gasteiger partial charge in [0.25, 0.3) is 5.91 Å². The molecule has 35 heavy (non-hydrogen) atoms. The predicted octanol–water partition coefficient (Wildman–Crippen LogP) is 5.69. The standard InChI is InChI=1S/C28H30N2O5/c1-19-7-10-22(11-8-19)30-27(32)18-34-28(33)6-4-5-26(31)29-23-12-15-24(16-13-23)35-25-14-9-20(2)21(3)17-25/h7-17H,4-6,18H2,1-3H3,(H,29,31)(H,30,32). The van der Waals surface area contributed by atoms with E-state index < -0.39 is 11.9 Å². The van der Waals surface area contributed by atoms with Crippen LogP contribution in [-0.4, -0.2) is 24.4 Å². The predicted molar refractivity (Wildman–Crippen MR) is 136 cm³/mol. The molecule has 0 heterocycles. The van der Waals surface area contributed by atoms with Gasteiger partial charge in [0.2, 0.25) is 5.91 Å². The van der Waals surface area contributed by atoms with Crippen molar-refractivity contribution in [2.75, 3.05) is 17.2 Å². The third kappa shape index (κ3) is 8.62. The lowest BCUT2D eigenvalue weighted by atomic mass is 10.1. The Balaban J connectivity index is 1.33. The summed E-state index contributed by atoms with van der Waals surface area (Å²) in [6.07, 6.45) is 0.526. The number of nitrogens with one attached hydrogen (secondary N) is 2. The molecule has 0 aliphatic carbocycles. The molecule has 0 atom stereocenters. The number of esters is 1. The maximum atomic E-state index is 12.2. The number of benzene rings is 3. The Bertz CT molecular complexity index is 1170. The molecule has 2 N–H and O–H groups in total. The Morgan fingerprint density at radius 3 is 1.94 bits per heavy atom. The van der Waals surface area contributed by atoms with Crippen molar-refractivity contribution in [1.82, 2.24) is 0 Å². The molecule has 0 unspecified atom stereocenters. The van der Waals surface area contributed by atoms with Crippen molar-refractivity contribution in [2.45, 2.75) is 40.0 Å². The highest BCUT2D eigenvalue weighted by molar-refractivity contribution is 5.93. The normalized spacial score (nSPS) is 10.4. The number of carbonyl (C=O) groups is 3. The molecule has 2 amide bonds. The summed E-state index contributed by atoms with van der Waals surface area (Å²) >= 11 is 0. The largest absolute Gasteiger partial charge is 0.457 e. The van der Waals surface area contributed by atoms with Gasteiger partial charge < -0.3 is 20.1 Å². The van der Waals surface area contributed by atoms with E-state index in [0.717, 1.165) is 16.9 Å². The van der Waals surface area contributed by atoms with Crippen LogP contribution in [0.2, 0.25) is 0 Å². The lowest BCUT2D eigenvalue weighted by molar-refractivity contribution is -0.147. The molecule has 3 aromatic carbocycles. The van der Waals surface area contributed by atoms with Crippen LogP contribution in [0.1, 0.15) is 36.0 Å². The second kappa shape index (κ2) is 12.4. The highest BCUT2D eigenvalue weighted by Gasteiger charge is 2.10. The first-order valence-corrected chi connectivity index (χ1v) is 11.5. The molecule has 0 saturated heterocycles. The molecule has 0 aromatic heterocycles. The van der Waals surface area contributed by atoms with Crippen molar-refractivity contribution in [1.29, 1.82) is 0 Å². The number of carbonyl (C=O) groups excluding carboxylic acids is 3. The maximum absolute atomic E-state index is 12.2. The van der Waals surface area contributed by atoms with Gasteiger partial charge in [-0.1, -0.05) is 23.8 Å². The molecule has 0 fully saturated rings. The van der Waals surface area contributed by atoms with Gasteiger partial charge in [0.05, 0.1) is 0 Å². The number of amides is 2. The molecule has 0 spiro atoms. The van der Waals surface area contributed by atoms with Crippen molar-refractivity contribution in [3.8, 4) is 11.5 Å². The molecule has 7 nitrogen and oxygen atoms in total. The fourth-order valence-corrected chi connectivity index (χ4v) is 3.19. The third-order valence-electron chi connectivity index (χ3n) is 5.34. The molecule has 0 radical (unpaired) electrons. The molecule has 0 saturated carbocycles. The Morgan fingerprint density at radius 1 is 0.686 bits per heavy atom. The van der Waals surface area contributed by atoms with E-state index in [9.17, 15) is 14.4 Å². The van der Waals surface area contributed by atoms with Gasteiger partial charge in [-0.25, -0.2) is 0 Å². The van der Waals surface area contributed by atoms with Crippen molar-refractivity contribution < 1.29 is 23.9 Å². The number of hydrogen-bond acceptors (Lipinski definition) is 5. The van der Waals surface area contributed by atoms with Gasteiger partial charge in [0.1, 0.15) is 11.5 Å². The zero-order valence-electron chi connectivity index (χ0n) is 20.2. The summed E-state index contributed by atoms with van der Waals surface area (Å²) in [6, 6.07) is 20.3. The second-order valence-electron chi connectivity index (χ2n) is 8.35. The van der Waals surface area contributed by atoms with Crippen molar-refractivity contribution in [2.24, 2.45) is 0 Å². The molecule has 3 rings (SSSR count). The van der Waals surface area contributed by atoms with Crippen LogP contribution in [0.25, 0.3) is 0 Å². The van der Waals surface area contributed by atoms with E-state index in [1.54, 1.807) is 36.4 Å². The van der Waals surface area contributed by atoms with Crippen molar-refractivity contribution in [3.63, 3.8) is 0 Å². The topological polar surface area (TPSA) is 93.7 Å². The molecular formula is C28H30N2O5. The zero-order chi connectivity index (χ0) is 25.2. The number of aryl methyl sites for hydroxylation is 3. The summed E-state index contributed by atoms with van der Waals surface area (Å²) < 4.78 is 10.8. The fraction of sp³-hybridized carbons (Fsp3) is 0.250. The first-order chi connectivity index (χ1) is 16.8. The first kappa shape index (κ1) is 25.5. The average Bonchev–Trinajstić information content (AvgIpc) is 2.83. The van der Waals surface area contributed by atoms with Crippen molar-refractivity contribution in [3.05, 3.63) is 83.4 Å². The van der Waals surface area contributed by atoms with Crippen LogP contribution >= 0.6 is 0 Å². The minimum absolute atomic E-state index is 0.0496. The van der Waals surface area contributed by atoms with Crippen LogP contribution in [0, 0.1) is 20.8 Å². The lowest BCUT2D eigenvalue weighted by Gasteiger charge is -2.10. The number of anilines is 2. The second-order valence-corrected chi connectivity index (χ2v) is 8.35. The Morgan fingerprint density at radius 2 is 1.29 bits per heavy atom. The molecule has 0 aliphatic rings. The Labute approximate surface area is 205 Å². The molecule has 0 bridgehead atoms. The van der Waals surface area contributed by atoms with Gasteiger partial charge in [-0.2, -0.15) is 0 Å². The number of ether oxygens (including phenoxy) is 2. The minimum Gasteiger partial charge on any atom is -0.457 e. The molecular weight excluding hydrogens is 444 g/mol. The highest BCUT2D eigenvalue weighted by Crippen LogP contribution is 2.25. The van der Waals surface area contributed by atoms with E-state index in [1.807, 2.05) is 51.1 Å². The summed E-state index contributed by atoms with van der Waals surface area (Å²) in [6.45, 7) is 5.66. The highest BCUT2D eigenvalue weighted by atomic mass is 16.5. The molecule has 7 heteroatoms. The van der Waals surface area contributed by atoms with Gasteiger partial charge in [0.15, 0.2) is 6.61 Å². The molecule has 0 aliphatic heterocycles. The van der Waals surface area contributed by atoms with E-state index in [4.69, 9.17) is 9.47 Å². The fourth-order valence-electron chi connectivity index (χ4n) is 3.19. The Hall–Kier alpha value is -4.13. The molecule has 3 aromatic rings. The zero-order valence-corrected chi connectivity index (χ0v) is 20.2. The minimum atomic E-state index is -0.523. The van der Waals surface area contributed by atoms with E-state index in [1.165, 1.54) is 5.56 Å². The van der Waals surface area contributed by atoms with Crippen LogP contribution in [0.5, 0.6) is 11.5 Å². The lowest BCUT2D eigenvalue weighted by Crippen LogP contribution is -2.21. The van der Waals surface area contributed by atoms with Gasteiger partial charge in [-0.15, -0.1) is 0 Å². The van der Waals surface area contributed by atoms with Crippen molar-refractivity contribution >= 4 is 29.2 Å². The maximum Gasteiger partial charge on any atom is 0.306 e. The van der Waals surface area contributed by atoms with Gasteiger partial charge in [0, 0.05) is 24.2 Å². The van der Waals surface area contributed by atoms with E-state index in [0.29, 0.717) is 23.5 Å². The average molecular weight is 475 g/mol. The quantitative estimate of drug-likeness (QED) is 0.368. The summed E-state index contributed by atoms with van der Waals surface area (Å²) in [4.78, 5) is 35.9. The van der Waals surface area contributed by atoms with Gasteiger partial charge in [-0.3, -0.25) is 14.4 Å². The van der Waals surface area contributed by atoms with E-state index in [-0.39, 0.29) is 25.4 Å². The van der Waals surface area contributed by atoms with Gasteiger partial charge >= 0.3 is 5.97 Å². The SMILES string of the molecule is Cc1ccc(NC(=O)COC(=O)CCCC(=O)Nc2ccc(Oc3ccc(C)c(C)c3)cc2)cc1. The third-order valence-corrected chi connectivity index (χ3v) is 5.34. The van der Waals surface area contributed by atoms with Crippen LogP contribution in [-0.2, 0) is 19.1 Å². The first-order valence-electron chi connectivity index (χ1n) is 11.5. The number of rotatable bonds is 10. The molecule has 182 valence electrons. The summed E-state index contributed by atoms with van der Waals surface area (Å²) in [5.41, 5.74) is 4.71. The monoisotopic (exact) mass is 474 g/mol. The van der Waals surface area contributed by atoms with Crippen LogP contribution in [0.4, 0.5) is 11.4 Å².